The van der Waals surface area contributed by atoms with Crippen LogP contribution in [0.5, 0.6) is 0 Å². The minimum atomic E-state index is 0.181. The third kappa shape index (κ3) is 3.33. The standard InChI is InChI=1S/C21H24N6O/c1-25-10-15(8-23-25)7-22-21(28)20-18-13-26(14-19(18)20)11-16-9-24-27(12-16)17-5-3-2-4-6-17/h2-6,8-10,12,18-20H,7,11,13-14H2,1H3,(H,22,28)/t18-,19+,20?. The molecule has 1 saturated carbocycles. The highest BCUT2D eigenvalue weighted by Gasteiger charge is 2.59. The Morgan fingerprint density at radius 2 is 1.82 bits per heavy atom. The first-order chi connectivity index (χ1) is 13.7. The maximum Gasteiger partial charge on any atom is 0.224 e. The zero-order chi connectivity index (χ0) is 19.1. The second-order valence-corrected chi connectivity index (χ2v) is 7.92. The normalized spacial score (nSPS) is 23.5. The van der Waals surface area contributed by atoms with Crippen molar-refractivity contribution in [3.63, 3.8) is 0 Å². The minimum Gasteiger partial charge on any atom is -0.352 e. The maximum absolute atomic E-state index is 12.5. The molecule has 2 aliphatic rings. The lowest BCUT2D eigenvalue weighted by Crippen LogP contribution is -2.31. The first-order valence-corrected chi connectivity index (χ1v) is 9.74. The van der Waals surface area contributed by atoms with Crippen LogP contribution in [0.3, 0.4) is 0 Å². The van der Waals surface area contributed by atoms with Crippen molar-refractivity contribution in [2.24, 2.45) is 24.8 Å². The maximum atomic E-state index is 12.5. The molecule has 3 heterocycles. The van der Waals surface area contributed by atoms with Gasteiger partial charge in [0.25, 0.3) is 0 Å². The van der Waals surface area contributed by atoms with Crippen LogP contribution in [0.4, 0.5) is 0 Å². The van der Waals surface area contributed by atoms with E-state index < -0.39 is 0 Å². The Kier molecular flexibility index (Phi) is 4.24. The van der Waals surface area contributed by atoms with Crippen LogP contribution in [0.25, 0.3) is 5.69 Å². The summed E-state index contributed by atoms with van der Waals surface area (Å²) in [7, 11) is 1.88. The molecule has 0 radical (unpaired) electrons. The number of aryl methyl sites for hydroxylation is 1. The molecule has 7 heteroatoms. The van der Waals surface area contributed by atoms with E-state index in [1.807, 2.05) is 42.3 Å². The van der Waals surface area contributed by atoms with Crippen molar-refractivity contribution >= 4 is 5.91 Å². The summed E-state index contributed by atoms with van der Waals surface area (Å²) in [5, 5.41) is 11.7. The lowest BCUT2D eigenvalue weighted by molar-refractivity contribution is -0.123. The van der Waals surface area contributed by atoms with E-state index in [0.29, 0.717) is 18.4 Å². The van der Waals surface area contributed by atoms with E-state index in [1.54, 1.807) is 10.9 Å². The number of amides is 1. The van der Waals surface area contributed by atoms with Gasteiger partial charge in [-0.05, 0) is 24.0 Å². The van der Waals surface area contributed by atoms with Gasteiger partial charge in [-0.25, -0.2) is 4.68 Å². The van der Waals surface area contributed by atoms with Gasteiger partial charge in [-0.15, -0.1) is 0 Å². The van der Waals surface area contributed by atoms with Crippen LogP contribution < -0.4 is 5.32 Å². The Hall–Kier alpha value is -2.93. The number of nitrogens with zero attached hydrogens (tertiary/aromatic N) is 5. The summed E-state index contributed by atoms with van der Waals surface area (Å²) >= 11 is 0. The molecule has 28 heavy (non-hydrogen) atoms. The number of hydrogen-bond donors (Lipinski definition) is 1. The number of hydrogen-bond acceptors (Lipinski definition) is 4. The van der Waals surface area contributed by atoms with Crippen molar-refractivity contribution in [3.8, 4) is 5.69 Å². The van der Waals surface area contributed by atoms with Crippen LogP contribution in [0.1, 0.15) is 11.1 Å². The number of carbonyl (C=O) groups excluding carboxylic acids is 1. The molecule has 1 N–H and O–H groups in total. The fraction of sp³-hybridized carbons (Fsp3) is 0.381. The number of aromatic nitrogens is 4. The monoisotopic (exact) mass is 376 g/mol. The van der Waals surface area contributed by atoms with Crippen LogP contribution in [0.15, 0.2) is 55.1 Å². The van der Waals surface area contributed by atoms with Gasteiger partial charge in [0.1, 0.15) is 0 Å². The number of benzene rings is 1. The molecule has 1 aliphatic heterocycles. The smallest absolute Gasteiger partial charge is 0.224 e. The second-order valence-electron chi connectivity index (χ2n) is 7.92. The van der Waals surface area contributed by atoms with Crippen molar-refractivity contribution < 1.29 is 4.79 Å². The highest BCUT2D eigenvalue weighted by molar-refractivity contribution is 5.82. The van der Waals surface area contributed by atoms with Gasteiger partial charge in [0.15, 0.2) is 0 Å². The third-order valence-corrected chi connectivity index (χ3v) is 5.86. The number of rotatable bonds is 6. The molecular formula is C21H24N6O. The van der Waals surface area contributed by atoms with Crippen LogP contribution in [0.2, 0.25) is 0 Å². The summed E-state index contributed by atoms with van der Waals surface area (Å²) in [6, 6.07) is 10.1. The molecule has 3 atom stereocenters. The predicted molar refractivity (Wildman–Crippen MR) is 104 cm³/mol. The van der Waals surface area contributed by atoms with E-state index in [0.717, 1.165) is 30.9 Å². The number of fused-ring (bicyclic) bond motifs is 1. The minimum absolute atomic E-state index is 0.181. The average Bonchev–Trinajstić information content (AvgIpc) is 3.14. The molecule has 2 fully saturated rings. The molecule has 144 valence electrons. The summed E-state index contributed by atoms with van der Waals surface area (Å²) in [4.78, 5) is 14.9. The molecule has 0 spiro atoms. The summed E-state index contributed by atoms with van der Waals surface area (Å²) in [6.45, 7) is 3.44. The fourth-order valence-electron chi connectivity index (χ4n) is 4.42. The molecule has 2 aromatic heterocycles. The predicted octanol–water partition coefficient (Wildman–Crippen LogP) is 1.60. The SMILES string of the molecule is Cn1cc(CNC(=O)C2[C@H]3CN(Cc4cnn(-c5ccccc5)c4)C[C@@H]23)cn1. The summed E-state index contributed by atoms with van der Waals surface area (Å²) in [6.07, 6.45) is 7.77. The van der Waals surface area contributed by atoms with Gasteiger partial charge < -0.3 is 5.32 Å². The van der Waals surface area contributed by atoms with Gasteiger partial charge in [0, 0.05) is 62.7 Å². The van der Waals surface area contributed by atoms with Crippen molar-refractivity contribution in [3.05, 3.63) is 66.2 Å². The molecule has 3 aromatic rings. The Labute approximate surface area is 164 Å². The van der Waals surface area contributed by atoms with E-state index >= 15 is 0 Å². The fourth-order valence-corrected chi connectivity index (χ4v) is 4.42. The Bertz CT molecular complexity index is 966. The zero-order valence-electron chi connectivity index (χ0n) is 15.9. The molecule has 5 rings (SSSR count). The van der Waals surface area contributed by atoms with Crippen LogP contribution in [-0.4, -0.2) is 43.5 Å². The van der Waals surface area contributed by atoms with E-state index in [1.165, 1.54) is 5.56 Å². The zero-order valence-corrected chi connectivity index (χ0v) is 15.9. The van der Waals surface area contributed by atoms with Gasteiger partial charge in [0.05, 0.1) is 18.1 Å². The highest BCUT2D eigenvalue weighted by atomic mass is 16.2. The van der Waals surface area contributed by atoms with E-state index in [2.05, 4.69) is 38.7 Å². The molecule has 1 saturated heterocycles. The third-order valence-electron chi connectivity index (χ3n) is 5.86. The van der Waals surface area contributed by atoms with Gasteiger partial charge in [-0.1, -0.05) is 18.2 Å². The van der Waals surface area contributed by atoms with Crippen molar-refractivity contribution in [2.75, 3.05) is 13.1 Å². The first kappa shape index (κ1) is 17.2. The first-order valence-electron chi connectivity index (χ1n) is 9.74. The van der Waals surface area contributed by atoms with E-state index in [9.17, 15) is 4.79 Å². The number of para-hydroxylation sites is 1. The van der Waals surface area contributed by atoms with Crippen LogP contribution >= 0.6 is 0 Å². The van der Waals surface area contributed by atoms with Gasteiger partial charge in [-0.3, -0.25) is 14.4 Å². The topological polar surface area (TPSA) is 68.0 Å². The van der Waals surface area contributed by atoms with Crippen LogP contribution in [0, 0.1) is 17.8 Å². The largest absolute Gasteiger partial charge is 0.352 e. The Morgan fingerprint density at radius 1 is 1.07 bits per heavy atom. The summed E-state index contributed by atoms with van der Waals surface area (Å²) < 4.78 is 3.67. The van der Waals surface area contributed by atoms with Crippen LogP contribution in [-0.2, 0) is 24.9 Å². The lowest BCUT2D eigenvalue weighted by Gasteiger charge is -2.18. The Balaban J connectivity index is 1.11. The van der Waals surface area contributed by atoms with E-state index in [4.69, 9.17) is 0 Å². The van der Waals surface area contributed by atoms with Gasteiger partial charge in [0.2, 0.25) is 5.91 Å². The molecule has 1 aliphatic carbocycles. The van der Waals surface area contributed by atoms with Gasteiger partial charge in [-0.2, -0.15) is 10.2 Å². The average molecular weight is 376 g/mol. The summed E-state index contributed by atoms with van der Waals surface area (Å²) in [5.41, 5.74) is 3.32. The number of piperidine rings is 1. The molecule has 0 bridgehead atoms. The van der Waals surface area contributed by atoms with Gasteiger partial charge >= 0.3 is 0 Å². The Morgan fingerprint density at radius 3 is 2.54 bits per heavy atom. The molecule has 7 nitrogen and oxygen atoms in total. The molecule has 1 aromatic carbocycles. The lowest BCUT2D eigenvalue weighted by atomic mass is 10.2. The summed E-state index contributed by atoms with van der Waals surface area (Å²) in [5.74, 6) is 1.37. The van der Waals surface area contributed by atoms with E-state index in [-0.39, 0.29) is 11.8 Å². The molecule has 1 amide bonds. The highest BCUT2D eigenvalue weighted by Crippen LogP contribution is 2.52. The van der Waals surface area contributed by atoms with Crippen molar-refractivity contribution in [2.45, 2.75) is 13.1 Å². The molecular weight excluding hydrogens is 352 g/mol. The second kappa shape index (κ2) is 6.91. The van der Waals surface area contributed by atoms with Crippen molar-refractivity contribution in [1.29, 1.82) is 0 Å². The van der Waals surface area contributed by atoms with Crippen molar-refractivity contribution in [1.82, 2.24) is 29.8 Å². The quantitative estimate of drug-likeness (QED) is 0.710. The number of nitrogens with one attached hydrogen (secondary N) is 1. The molecule has 1 unspecified atom stereocenters. The number of likely N-dealkylation sites (tertiary alicyclic amines) is 1. The number of carbonyl (C=O) groups is 1.